The van der Waals surface area contributed by atoms with Gasteiger partial charge in [-0.3, -0.25) is 28.8 Å². The minimum atomic E-state index is -1.38. The highest BCUT2D eigenvalue weighted by atomic mass is 16.5. The maximum atomic E-state index is 14.4. The minimum absolute atomic E-state index is 0.0874. The van der Waals surface area contributed by atoms with Crippen LogP contribution in [0.5, 0.6) is 5.75 Å². The first kappa shape index (κ1) is 42.1. The standard InChI is InChI=1S/C39H58N6O9/c1-9-22(3)31-38(51)45-20-12-14-29(45)37(50)44-19-11-13-28(44)36(49)43(7)30(21-26-15-17-27(53-8)18-16-26)34(47)42-32(23(4)10-2)39(52)54-24(5)33(35(48)41-31)40-25(6)46/h15-18,22-24,28-33H,9-14,19-21H2,1-8H3,(H,40,46)(H,41,48)(H,42,47)/t22-,23+,24+,28-,29-,30?,31+,32-,33?/m0/s1. The minimum Gasteiger partial charge on any atom is -0.497 e. The van der Waals surface area contributed by atoms with Gasteiger partial charge in [0.2, 0.25) is 35.4 Å². The molecule has 1 aromatic rings. The number of fused-ring (bicyclic) bond motifs is 2. The number of benzene rings is 1. The van der Waals surface area contributed by atoms with E-state index in [1.165, 1.54) is 35.6 Å². The summed E-state index contributed by atoms with van der Waals surface area (Å²) in [4.78, 5) is 102. The Hall–Kier alpha value is -4.69. The zero-order valence-corrected chi connectivity index (χ0v) is 32.9. The van der Waals surface area contributed by atoms with Gasteiger partial charge in [-0.15, -0.1) is 0 Å². The van der Waals surface area contributed by atoms with Gasteiger partial charge in [-0.2, -0.15) is 0 Å². The van der Waals surface area contributed by atoms with Crippen molar-refractivity contribution < 1.29 is 43.0 Å². The van der Waals surface area contributed by atoms with E-state index in [2.05, 4.69) is 16.0 Å². The van der Waals surface area contributed by atoms with Crippen molar-refractivity contribution in [2.75, 3.05) is 27.2 Å². The molecule has 0 aliphatic carbocycles. The lowest BCUT2D eigenvalue weighted by Gasteiger charge is -2.36. The van der Waals surface area contributed by atoms with Crippen LogP contribution >= 0.6 is 0 Å². The SMILES string of the molecule is CC[C@@H](C)[C@@H]1NC(=O)C(Cc2ccc(OC)cc2)N(C)C(=O)[C@@H]2CCCN2C(=O)[C@@H]2CCCN2C(=O)[C@@H]([C@@H](C)CC)NC(=O)C(NC(C)=O)[C@@H](C)OC1=O. The number of esters is 1. The lowest BCUT2D eigenvalue weighted by Crippen LogP contribution is -2.61. The van der Waals surface area contributed by atoms with Gasteiger partial charge < -0.3 is 40.1 Å². The van der Waals surface area contributed by atoms with Crippen molar-refractivity contribution in [3.63, 3.8) is 0 Å². The second-order valence-electron chi connectivity index (χ2n) is 15.0. The number of hydrogen-bond acceptors (Lipinski definition) is 9. The predicted molar refractivity (Wildman–Crippen MR) is 199 cm³/mol. The molecule has 3 aliphatic rings. The highest BCUT2D eigenvalue weighted by Crippen LogP contribution is 2.28. The summed E-state index contributed by atoms with van der Waals surface area (Å²) >= 11 is 0. The Morgan fingerprint density at radius 3 is 1.94 bits per heavy atom. The van der Waals surface area contributed by atoms with Crippen molar-refractivity contribution >= 4 is 41.4 Å². The van der Waals surface area contributed by atoms with Gasteiger partial charge in [-0.25, -0.2) is 4.79 Å². The number of ether oxygens (including phenoxy) is 2. The summed E-state index contributed by atoms with van der Waals surface area (Å²) in [6, 6.07) is 0.658. The summed E-state index contributed by atoms with van der Waals surface area (Å²) in [7, 11) is 3.07. The molecule has 0 saturated carbocycles. The van der Waals surface area contributed by atoms with E-state index in [4.69, 9.17) is 9.47 Å². The third-order valence-corrected chi connectivity index (χ3v) is 11.3. The molecule has 3 N–H and O–H groups in total. The van der Waals surface area contributed by atoms with Crippen LogP contribution in [0.3, 0.4) is 0 Å². The first-order valence-corrected chi connectivity index (χ1v) is 19.2. The molecule has 0 radical (unpaired) electrons. The highest BCUT2D eigenvalue weighted by molar-refractivity contribution is 5.98. The first-order valence-electron chi connectivity index (χ1n) is 19.2. The Bertz CT molecular complexity index is 1550. The van der Waals surface area contributed by atoms with Gasteiger partial charge in [0, 0.05) is 33.5 Å². The van der Waals surface area contributed by atoms with E-state index in [9.17, 15) is 33.6 Å². The Morgan fingerprint density at radius 2 is 1.39 bits per heavy atom. The molecule has 0 bridgehead atoms. The zero-order valence-electron chi connectivity index (χ0n) is 32.9. The van der Waals surface area contributed by atoms with Crippen molar-refractivity contribution in [3.05, 3.63) is 29.8 Å². The molecule has 3 saturated heterocycles. The summed E-state index contributed by atoms with van der Waals surface area (Å²) in [5.74, 6) is -4.13. The van der Waals surface area contributed by atoms with Crippen molar-refractivity contribution in [1.29, 1.82) is 0 Å². The number of likely N-dealkylation sites (N-methyl/N-ethyl adjacent to an activating group) is 1. The predicted octanol–water partition coefficient (Wildman–Crippen LogP) is 1.56. The molecule has 0 spiro atoms. The molecule has 3 heterocycles. The van der Waals surface area contributed by atoms with Gasteiger partial charge in [0.25, 0.3) is 0 Å². The van der Waals surface area contributed by atoms with E-state index in [1.54, 1.807) is 38.3 Å². The van der Waals surface area contributed by atoms with Gasteiger partial charge in [0.1, 0.15) is 48.1 Å². The van der Waals surface area contributed by atoms with Crippen LogP contribution in [0.2, 0.25) is 0 Å². The van der Waals surface area contributed by atoms with Crippen molar-refractivity contribution in [2.24, 2.45) is 11.8 Å². The van der Waals surface area contributed by atoms with Crippen LogP contribution in [0, 0.1) is 11.8 Å². The number of carbonyl (C=O) groups is 7. The normalized spacial score (nSPS) is 28.8. The number of nitrogens with zero attached hydrogens (tertiary/aromatic N) is 3. The molecular weight excluding hydrogens is 696 g/mol. The molecule has 54 heavy (non-hydrogen) atoms. The van der Waals surface area contributed by atoms with Crippen LogP contribution in [-0.4, -0.2) is 126 Å². The largest absolute Gasteiger partial charge is 0.497 e. The van der Waals surface area contributed by atoms with Gasteiger partial charge in [-0.1, -0.05) is 52.7 Å². The van der Waals surface area contributed by atoms with Gasteiger partial charge in [-0.05, 0) is 62.1 Å². The van der Waals surface area contributed by atoms with Crippen molar-refractivity contribution in [3.8, 4) is 5.75 Å². The zero-order chi connectivity index (χ0) is 39.9. The summed E-state index contributed by atoms with van der Waals surface area (Å²) in [5.41, 5.74) is 0.727. The topological polar surface area (TPSA) is 184 Å². The van der Waals surface area contributed by atoms with Crippen molar-refractivity contribution in [2.45, 2.75) is 129 Å². The fraction of sp³-hybridized carbons (Fsp3) is 0.667. The van der Waals surface area contributed by atoms with E-state index in [1.807, 2.05) is 20.8 Å². The Morgan fingerprint density at radius 1 is 0.852 bits per heavy atom. The van der Waals surface area contributed by atoms with Crippen LogP contribution in [0.25, 0.3) is 0 Å². The average Bonchev–Trinajstić information content (AvgIpc) is 3.86. The van der Waals surface area contributed by atoms with Crippen LogP contribution < -0.4 is 20.7 Å². The number of hydrogen-bond donors (Lipinski definition) is 3. The maximum Gasteiger partial charge on any atom is 0.329 e. The van der Waals surface area contributed by atoms with E-state index < -0.39 is 83.8 Å². The molecule has 3 fully saturated rings. The second-order valence-corrected chi connectivity index (χ2v) is 15.0. The Kier molecular flexibility index (Phi) is 14.5. The molecule has 3 aliphatic heterocycles. The second kappa shape index (κ2) is 18.6. The highest BCUT2D eigenvalue weighted by Gasteiger charge is 2.46. The Labute approximate surface area is 318 Å². The van der Waals surface area contributed by atoms with E-state index in [0.717, 1.165) is 5.56 Å². The van der Waals surface area contributed by atoms with Gasteiger partial charge in [0.15, 0.2) is 0 Å². The molecule has 4 rings (SSSR count). The van der Waals surface area contributed by atoms with Crippen LogP contribution in [0.1, 0.15) is 85.6 Å². The van der Waals surface area contributed by atoms with Crippen LogP contribution in [0.15, 0.2) is 24.3 Å². The smallest absolute Gasteiger partial charge is 0.329 e. The van der Waals surface area contributed by atoms with Crippen molar-refractivity contribution in [1.82, 2.24) is 30.7 Å². The summed E-state index contributed by atoms with van der Waals surface area (Å²) in [6.07, 6.45) is 1.74. The number of nitrogens with one attached hydrogen (secondary N) is 3. The molecule has 9 atom stereocenters. The third-order valence-electron chi connectivity index (χ3n) is 11.3. The number of carbonyl (C=O) groups excluding carboxylic acids is 7. The average molecular weight is 755 g/mol. The summed E-state index contributed by atoms with van der Waals surface area (Å²) in [5, 5.41) is 8.22. The lowest BCUT2D eigenvalue weighted by molar-refractivity contribution is -0.158. The number of amides is 6. The van der Waals surface area contributed by atoms with E-state index in [0.29, 0.717) is 50.8 Å². The molecule has 298 valence electrons. The molecule has 15 nitrogen and oxygen atoms in total. The quantitative estimate of drug-likeness (QED) is 0.332. The summed E-state index contributed by atoms with van der Waals surface area (Å²) in [6.45, 7) is 10.6. The molecule has 1 aromatic carbocycles. The van der Waals surface area contributed by atoms with Gasteiger partial charge >= 0.3 is 5.97 Å². The van der Waals surface area contributed by atoms with E-state index >= 15 is 0 Å². The van der Waals surface area contributed by atoms with E-state index in [-0.39, 0.29) is 24.8 Å². The molecule has 15 heteroatoms. The number of rotatable bonds is 8. The third kappa shape index (κ3) is 9.51. The molecule has 0 aromatic heterocycles. The number of cyclic esters (lactones) is 1. The fourth-order valence-corrected chi connectivity index (χ4v) is 7.51. The lowest BCUT2D eigenvalue weighted by atomic mass is 9.96. The van der Waals surface area contributed by atoms with Crippen LogP contribution in [0.4, 0.5) is 0 Å². The van der Waals surface area contributed by atoms with Gasteiger partial charge in [0.05, 0.1) is 7.11 Å². The molecular formula is C39H58N6O9. The number of methoxy groups -OCH3 is 1. The molecule has 2 unspecified atom stereocenters. The maximum absolute atomic E-state index is 14.4. The monoisotopic (exact) mass is 754 g/mol. The summed E-state index contributed by atoms with van der Waals surface area (Å²) < 4.78 is 11.1. The van der Waals surface area contributed by atoms with Crippen LogP contribution in [-0.2, 0) is 44.7 Å². The Balaban J connectivity index is 1.82. The first-order chi connectivity index (χ1) is 25.6. The molecule has 6 amide bonds. The fourth-order valence-electron chi connectivity index (χ4n) is 7.51.